The number of carbonyl (C=O) groups excluding carboxylic acids is 1. The van der Waals surface area contributed by atoms with E-state index in [1.54, 1.807) is 24.3 Å². The first kappa shape index (κ1) is 14.6. The van der Waals surface area contributed by atoms with Crippen molar-refractivity contribution in [2.75, 3.05) is 18.2 Å². The van der Waals surface area contributed by atoms with E-state index in [4.69, 9.17) is 22.1 Å². The molecule has 0 aliphatic carbocycles. The summed E-state index contributed by atoms with van der Waals surface area (Å²) in [6.07, 6.45) is 1.45. The molecule has 1 heterocycles. The minimum absolute atomic E-state index is 0.266. The quantitative estimate of drug-likeness (QED) is 0.827. The van der Waals surface area contributed by atoms with E-state index in [9.17, 15) is 4.79 Å². The van der Waals surface area contributed by atoms with Gasteiger partial charge in [-0.15, -0.1) is 0 Å². The lowest BCUT2D eigenvalue weighted by molar-refractivity contribution is 0.102. The number of pyridine rings is 1. The third kappa shape index (κ3) is 3.20. The Kier molecular flexibility index (Phi) is 4.46. The van der Waals surface area contributed by atoms with Crippen molar-refractivity contribution in [1.82, 2.24) is 4.98 Å². The number of aromatic nitrogens is 1. The monoisotopic (exact) mass is 355 g/mol. The van der Waals surface area contributed by atoms with Crippen LogP contribution in [0.5, 0.6) is 5.75 Å². The van der Waals surface area contributed by atoms with Gasteiger partial charge in [0.05, 0.1) is 23.4 Å². The van der Waals surface area contributed by atoms with Crippen LogP contribution >= 0.6 is 27.5 Å². The Morgan fingerprint density at radius 3 is 2.80 bits per heavy atom. The molecule has 0 aliphatic heterocycles. The van der Waals surface area contributed by atoms with Gasteiger partial charge in [-0.2, -0.15) is 0 Å². The summed E-state index contributed by atoms with van der Waals surface area (Å²) in [5.41, 5.74) is 6.46. The zero-order valence-corrected chi connectivity index (χ0v) is 12.8. The molecule has 2 aromatic rings. The number of anilines is 2. The van der Waals surface area contributed by atoms with Crippen LogP contribution in [0.25, 0.3) is 0 Å². The lowest BCUT2D eigenvalue weighted by Gasteiger charge is -2.11. The molecule has 0 spiro atoms. The van der Waals surface area contributed by atoms with Crippen LogP contribution in [0.2, 0.25) is 5.02 Å². The Balaban J connectivity index is 2.29. The van der Waals surface area contributed by atoms with Gasteiger partial charge >= 0.3 is 0 Å². The number of nitrogens with zero attached hydrogens (tertiary/aromatic N) is 1. The molecule has 104 valence electrons. The van der Waals surface area contributed by atoms with Crippen LogP contribution in [-0.2, 0) is 0 Å². The van der Waals surface area contributed by atoms with Crippen molar-refractivity contribution in [2.24, 2.45) is 0 Å². The van der Waals surface area contributed by atoms with Crippen LogP contribution in [0.15, 0.2) is 34.9 Å². The van der Waals surface area contributed by atoms with Crippen molar-refractivity contribution in [1.29, 1.82) is 0 Å². The Morgan fingerprint density at radius 1 is 1.45 bits per heavy atom. The molecule has 20 heavy (non-hydrogen) atoms. The highest BCUT2D eigenvalue weighted by Gasteiger charge is 2.15. The minimum Gasteiger partial charge on any atom is -0.495 e. The number of nitrogen functional groups attached to an aromatic ring is 1. The topological polar surface area (TPSA) is 77.2 Å². The Hall–Kier alpha value is -1.79. The van der Waals surface area contributed by atoms with E-state index in [1.807, 2.05) is 0 Å². The highest BCUT2D eigenvalue weighted by Crippen LogP contribution is 2.30. The molecule has 1 aromatic carbocycles. The zero-order valence-electron chi connectivity index (χ0n) is 10.5. The number of benzene rings is 1. The number of methoxy groups -OCH3 is 1. The summed E-state index contributed by atoms with van der Waals surface area (Å²) in [6, 6.07) is 6.54. The molecule has 0 saturated heterocycles. The molecule has 0 radical (unpaired) electrons. The molecule has 2 rings (SSSR count). The van der Waals surface area contributed by atoms with Crippen molar-refractivity contribution in [2.45, 2.75) is 0 Å². The standard InChI is InChI=1S/C13H11BrClN3O2/c1-20-10-5-7(14)4-9(12(10)16)13(19)18-11-3-2-8(15)6-17-11/h2-6H,16H2,1H3,(H,17,18,19). The highest BCUT2D eigenvalue weighted by molar-refractivity contribution is 9.10. The number of rotatable bonds is 3. The van der Waals surface area contributed by atoms with Crippen LogP contribution in [0.4, 0.5) is 11.5 Å². The van der Waals surface area contributed by atoms with Crippen molar-refractivity contribution >= 4 is 44.9 Å². The van der Waals surface area contributed by atoms with Crippen molar-refractivity contribution in [3.05, 3.63) is 45.5 Å². The number of amides is 1. The SMILES string of the molecule is COc1cc(Br)cc(C(=O)Nc2ccc(Cl)cn2)c1N. The highest BCUT2D eigenvalue weighted by atomic mass is 79.9. The van der Waals surface area contributed by atoms with Crippen LogP contribution in [0, 0.1) is 0 Å². The minimum atomic E-state index is -0.378. The van der Waals surface area contributed by atoms with Gasteiger partial charge in [-0.1, -0.05) is 27.5 Å². The van der Waals surface area contributed by atoms with E-state index in [2.05, 4.69) is 26.2 Å². The van der Waals surface area contributed by atoms with E-state index >= 15 is 0 Å². The molecular formula is C13H11BrClN3O2. The summed E-state index contributed by atoms with van der Waals surface area (Å²) >= 11 is 9.04. The van der Waals surface area contributed by atoms with E-state index in [0.717, 1.165) is 0 Å². The largest absolute Gasteiger partial charge is 0.495 e. The van der Waals surface area contributed by atoms with Gasteiger partial charge < -0.3 is 15.8 Å². The second-order valence-corrected chi connectivity index (χ2v) is 5.24. The maximum atomic E-state index is 12.2. The number of hydrogen-bond acceptors (Lipinski definition) is 4. The fourth-order valence-electron chi connectivity index (χ4n) is 1.58. The molecule has 1 amide bonds. The molecule has 1 aromatic heterocycles. The van der Waals surface area contributed by atoms with E-state index < -0.39 is 0 Å². The van der Waals surface area contributed by atoms with Gasteiger partial charge in [-0.25, -0.2) is 4.98 Å². The summed E-state index contributed by atoms with van der Waals surface area (Å²) in [6.45, 7) is 0. The van der Waals surface area contributed by atoms with Crippen LogP contribution < -0.4 is 15.8 Å². The molecule has 0 saturated carbocycles. The van der Waals surface area contributed by atoms with E-state index in [1.165, 1.54) is 13.3 Å². The Bertz CT molecular complexity index is 647. The summed E-state index contributed by atoms with van der Waals surface area (Å²) in [4.78, 5) is 16.2. The lowest BCUT2D eigenvalue weighted by Crippen LogP contribution is -2.15. The smallest absolute Gasteiger partial charge is 0.259 e. The van der Waals surface area contributed by atoms with Crippen molar-refractivity contribution < 1.29 is 9.53 Å². The Labute approximate surface area is 129 Å². The van der Waals surface area contributed by atoms with Gasteiger partial charge in [0, 0.05) is 10.7 Å². The number of halogens is 2. The van der Waals surface area contributed by atoms with Crippen LogP contribution in [0.3, 0.4) is 0 Å². The molecule has 0 unspecified atom stereocenters. The van der Waals surface area contributed by atoms with Crippen LogP contribution in [-0.4, -0.2) is 18.0 Å². The molecule has 0 fully saturated rings. The fraction of sp³-hybridized carbons (Fsp3) is 0.0769. The first-order valence-electron chi connectivity index (χ1n) is 5.57. The Morgan fingerprint density at radius 2 is 2.20 bits per heavy atom. The summed E-state index contributed by atoms with van der Waals surface area (Å²) in [7, 11) is 1.49. The average Bonchev–Trinajstić information content (AvgIpc) is 2.43. The number of nitrogens with one attached hydrogen (secondary N) is 1. The van der Waals surface area contributed by atoms with E-state index in [-0.39, 0.29) is 11.6 Å². The molecule has 0 aliphatic rings. The maximum absolute atomic E-state index is 12.2. The molecular weight excluding hydrogens is 346 g/mol. The number of ether oxygens (including phenoxy) is 1. The summed E-state index contributed by atoms with van der Waals surface area (Å²) in [5, 5.41) is 3.13. The molecule has 0 bridgehead atoms. The number of nitrogens with two attached hydrogens (primary N) is 1. The zero-order chi connectivity index (χ0) is 14.7. The second-order valence-electron chi connectivity index (χ2n) is 3.89. The average molecular weight is 357 g/mol. The predicted octanol–water partition coefficient (Wildman–Crippen LogP) is 3.34. The van der Waals surface area contributed by atoms with Gasteiger partial charge in [-0.3, -0.25) is 4.79 Å². The van der Waals surface area contributed by atoms with Crippen molar-refractivity contribution in [3.8, 4) is 5.75 Å². The van der Waals surface area contributed by atoms with Gasteiger partial charge in [0.1, 0.15) is 11.6 Å². The first-order valence-corrected chi connectivity index (χ1v) is 6.74. The van der Waals surface area contributed by atoms with Gasteiger partial charge in [-0.05, 0) is 24.3 Å². The normalized spacial score (nSPS) is 10.2. The third-order valence-electron chi connectivity index (χ3n) is 2.54. The molecule has 0 atom stereocenters. The van der Waals surface area contributed by atoms with Crippen LogP contribution in [0.1, 0.15) is 10.4 Å². The van der Waals surface area contributed by atoms with Crippen molar-refractivity contribution in [3.63, 3.8) is 0 Å². The predicted molar refractivity (Wildman–Crippen MR) is 82.3 cm³/mol. The molecule has 5 nitrogen and oxygen atoms in total. The number of hydrogen-bond donors (Lipinski definition) is 2. The summed E-state index contributed by atoms with van der Waals surface area (Å²) < 4.78 is 5.81. The fourth-order valence-corrected chi connectivity index (χ4v) is 2.13. The molecule has 3 N–H and O–H groups in total. The summed E-state index contributed by atoms with van der Waals surface area (Å²) in [5.74, 6) is 0.434. The first-order chi connectivity index (χ1) is 9.51. The van der Waals surface area contributed by atoms with Gasteiger partial charge in [0.2, 0.25) is 0 Å². The lowest BCUT2D eigenvalue weighted by atomic mass is 10.1. The molecule has 7 heteroatoms. The number of carbonyl (C=O) groups is 1. The second kappa shape index (κ2) is 6.11. The van der Waals surface area contributed by atoms with Gasteiger partial charge in [0.25, 0.3) is 5.91 Å². The van der Waals surface area contributed by atoms with E-state index in [0.29, 0.717) is 26.6 Å². The maximum Gasteiger partial charge on any atom is 0.259 e. The third-order valence-corrected chi connectivity index (χ3v) is 3.22. The van der Waals surface area contributed by atoms with Gasteiger partial charge in [0.15, 0.2) is 0 Å².